The highest BCUT2D eigenvalue weighted by Gasteiger charge is 2.54. The minimum Gasteiger partial charge on any atom is -0.374 e. The molecule has 5 atom stereocenters. The number of fused-ring (bicyclic) bond motifs is 1. The van der Waals surface area contributed by atoms with Crippen molar-refractivity contribution in [1.82, 2.24) is 4.90 Å². The molecule has 6 rings (SSSR count). The first-order chi connectivity index (χ1) is 21.6. The van der Waals surface area contributed by atoms with E-state index in [1.54, 1.807) is 24.3 Å². The zero-order valence-corrected chi connectivity index (χ0v) is 25.3. The summed E-state index contributed by atoms with van der Waals surface area (Å²) in [5.41, 5.74) is 3.21. The molecule has 0 aromatic heterocycles. The predicted octanol–water partition coefficient (Wildman–Crippen LogP) is 6.13. The fraction of sp³-hybridized carbons (Fsp3) is 0.278. The highest BCUT2D eigenvalue weighted by Crippen LogP contribution is 2.38. The molecule has 4 aromatic rings. The van der Waals surface area contributed by atoms with E-state index in [9.17, 15) is 9.59 Å². The third kappa shape index (κ3) is 6.65. The fourth-order valence-electron chi connectivity index (χ4n) is 5.76. The summed E-state index contributed by atoms with van der Waals surface area (Å²) in [5, 5.41) is 0. The summed E-state index contributed by atoms with van der Waals surface area (Å²) >= 11 is 1.44. The lowest BCUT2D eigenvalue weighted by molar-refractivity contribution is -0.223. The van der Waals surface area contributed by atoms with Crippen LogP contribution in [0.4, 0.5) is 0 Å². The van der Waals surface area contributed by atoms with Crippen LogP contribution in [0.25, 0.3) is 0 Å². The number of carbonyl (C=O) groups excluding carboxylic acids is 2. The third-order valence-corrected chi connectivity index (χ3v) is 8.79. The van der Waals surface area contributed by atoms with Gasteiger partial charge in [0.05, 0.1) is 37.6 Å². The summed E-state index contributed by atoms with van der Waals surface area (Å²) in [6.07, 6.45) is 0.0501. The lowest BCUT2D eigenvalue weighted by Gasteiger charge is -2.48. The Kier molecular flexibility index (Phi) is 9.85. The Morgan fingerprint density at radius 3 is 1.59 bits per heavy atom. The summed E-state index contributed by atoms with van der Waals surface area (Å²) < 4.78 is 26.2. The van der Waals surface area contributed by atoms with E-state index in [2.05, 4.69) is 0 Å². The topological polar surface area (TPSA) is 74.3 Å². The van der Waals surface area contributed by atoms with E-state index in [-0.39, 0.29) is 25.0 Å². The normalized spacial score (nSPS) is 23.1. The highest BCUT2D eigenvalue weighted by atomic mass is 32.2. The first kappa shape index (κ1) is 30.2. The SMILES string of the molecule is CS[C@@H]1O[C@H](COCc2ccccc2)[C@@H](OCc2ccccc2)[C@H](OCc2ccccc2)[C@H]1N1C(=O)c2ccccc2C1=O. The van der Waals surface area contributed by atoms with Gasteiger partial charge in [0.25, 0.3) is 11.8 Å². The lowest BCUT2D eigenvalue weighted by Crippen LogP contribution is -2.65. The number of rotatable bonds is 12. The van der Waals surface area contributed by atoms with Crippen LogP contribution in [0.3, 0.4) is 0 Å². The number of imide groups is 1. The van der Waals surface area contributed by atoms with Crippen LogP contribution < -0.4 is 0 Å². The van der Waals surface area contributed by atoms with Crippen molar-refractivity contribution in [1.29, 1.82) is 0 Å². The van der Waals surface area contributed by atoms with Gasteiger partial charge in [0.2, 0.25) is 0 Å². The Hall–Kier alpha value is -3.79. The molecule has 1 saturated heterocycles. The van der Waals surface area contributed by atoms with Crippen molar-refractivity contribution in [2.75, 3.05) is 12.9 Å². The number of ether oxygens (including phenoxy) is 4. The molecule has 0 aliphatic carbocycles. The molecule has 2 aliphatic rings. The Morgan fingerprint density at radius 2 is 1.09 bits per heavy atom. The molecule has 2 amide bonds. The van der Waals surface area contributed by atoms with Crippen molar-refractivity contribution in [2.45, 2.75) is 49.6 Å². The van der Waals surface area contributed by atoms with Gasteiger partial charge in [0.1, 0.15) is 29.8 Å². The summed E-state index contributed by atoms with van der Waals surface area (Å²) in [5.74, 6) is -0.709. The Labute approximate surface area is 262 Å². The third-order valence-electron chi connectivity index (χ3n) is 7.93. The Morgan fingerprint density at radius 1 is 0.636 bits per heavy atom. The smallest absolute Gasteiger partial charge is 0.262 e. The molecule has 0 bridgehead atoms. The monoisotopic (exact) mass is 609 g/mol. The van der Waals surface area contributed by atoms with Crippen molar-refractivity contribution >= 4 is 23.6 Å². The zero-order valence-electron chi connectivity index (χ0n) is 24.5. The van der Waals surface area contributed by atoms with Crippen molar-refractivity contribution < 1.29 is 28.5 Å². The van der Waals surface area contributed by atoms with Crippen LogP contribution in [0.2, 0.25) is 0 Å². The molecule has 0 saturated carbocycles. The first-order valence-electron chi connectivity index (χ1n) is 14.7. The minimum atomic E-state index is -0.743. The van der Waals surface area contributed by atoms with Gasteiger partial charge >= 0.3 is 0 Å². The van der Waals surface area contributed by atoms with E-state index in [0.29, 0.717) is 24.3 Å². The first-order valence-corrected chi connectivity index (χ1v) is 16.0. The lowest BCUT2D eigenvalue weighted by atomic mass is 9.95. The van der Waals surface area contributed by atoms with E-state index in [4.69, 9.17) is 18.9 Å². The van der Waals surface area contributed by atoms with Crippen LogP contribution in [0.15, 0.2) is 115 Å². The average molecular weight is 610 g/mol. The molecule has 4 aromatic carbocycles. The maximum atomic E-state index is 13.8. The Bertz CT molecular complexity index is 1500. The highest BCUT2D eigenvalue weighted by molar-refractivity contribution is 7.99. The van der Waals surface area contributed by atoms with E-state index >= 15 is 0 Å². The maximum Gasteiger partial charge on any atom is 0.262 e. The molecule has 44 heavy (non-hydrogen) atoms. The number of hydrogen-bond donors (Lipinski definition) is 0. The molecule has 226 valence electrons. The quantitative estimate of drug-likeness (QED) is 0.179. The van der Waals surface area contributed by atoms with Crippen LogP contribution >= 0.6 is 11.8 Å². The summed E-state index contributed by atoms with van der Waals surface area (Å²) in [7, 11) is 0. The Balaban J connectivity index is 1.34. The van der Waals surface area contributed by atoms with Crippen LogP contribution in [0.1, 0.15) is 37.4 Å². The molecule has 0 radical (unpaired) electrons. The number of thioether (sulfide) groups is 1. The van der Waals surface area contributed by atoms with Gasteiger partial charge in [-0.25, -0.2) is 0 Å². The van der Waals surface area contributed by atoms with Crippen LogP contribution in [-0.4, -0.2) is 59.4 Å². The standard InChI is InChI=1S/C36H35NO6S/c1-44-36-31(37-34(38)28-19-11-12-20-29(28)35(37)39)33(42-23-27-17-9-4-10-18-27)32(41-22-26-15-7-3-8-16-26)30(43-36)24-40-21-25-13-5-2-6-14-25/h2-20,30-33,36H,21-24H2,1H3/t30-,31-,32-,33-,36+/m1/s1. The van der Waals surface area contributed by atoms with E-state index in [0.717, 1.165) is 16.7 Å². The van der Waals surface area contributed by atoms with Crippen molar-refractivity contribution in [3.05, 3.63) is 143 Å². The fourth-order valence-corrected chi connectivity index (χ4v) is 6.57. The molecular weight excluding hydrogens is 574 g/mol. The van der Waals surface area contributed by atoms with E-state index in [1.807, 2.05) is 97.3 Å². The second kappa shape index (κ2) is 14.3. The van der Waals surface area contributed by atoms with Crippen molar-refractivity contribution in [2.24, 2.45) is 0 Å². The van der Waals surface area contributed by atoms with Gasteiger partial charge in [0, 0.05) is 0 Å². The molecule has 7 nitrogen and oxygen atoms in total. The summed E-state index contributed by atoms with van der Waals surface area (Å²) in [4.78, 5) is 28.9. The van der Waals surface area contributed by atoms with E-state index in [1.165, 1.54) is 16.7 Å². The van der Waals surface area contributed by atoms with Gasteiger partial charge in [-0.2, -0.15) is 0 Å². The molecule has 0 N–H and O–H groups in total. The number of hydrogen-bond acceptors (Lipinski definition) is 7. The van der Waals surface area contributed by atoms with Gasteiger partial charge in [-0.05, 0) is 35.1 Å². The molecule has 8 heteroatoms. The maximum absolute atomic E-state index is 13.8. The number of nitrogens with zero attached hydrogens (tertiary/aromatic N) is 1. The molecular formula is C36H35NO6S. The van der Waals surface area contributed by atoms with Gasteiger partial charge in [-0.1, -0.05) is 103 Å². The van der Waals surface area contributed by atoms with Crippen molar-refractivity contribution in [3.8, 4) is 0 Å². The van der Waals surface area contributed by atoms with Gasteiger partial charge < -0.3 is 18.9 Å². The van der Waals surface area contributed by atoms with Crippen molar-refractivity contribution in [3.63, 3.8) is 0 Å². The molecule has 0 spiro atoms. The number of amides is 2. The summed E-state index contributed by atoms with van der Waals surface area (Å²) in [6.45, 7) is 1.22. The number of benzene rings is 4. The van der Waals surface area contributed by atoms with E-state index < -0.39 is 29.8 Å². The van der Waals surface area contributed by atoms with Crippen LogP contribution in [0.5, 0.6) is 0 Å². The second-order valence-electron chi connectivity index (χ2n) is 10.8. The van der Waals surface area contributed by atoms with Crippen LogP contribution in [-0.2, 0) is 38.8 Å². The second-order valence-corrected chi connectivity index (χ2v) is 11.8. The van der Waals surface area contributed by atoms with Gasteiger partial charge in [0.15, 0.2) is 0 Å². The predicted molar refractivity (Wildman–Crippen MR) is 169 cm³/mol. The molecule has 2 heterocycles. The van der Waals surface area contributed by atoms with Gasteiger partial charge in [-0.3, -0.25) is 14.5 Å². The number of carbonyl (C=O) groups is 2. The zero-order chi connectivity index (χ0) is 30.3. The largest absolute Gasteiger partial charge is 0.374 e. The molecule has 1 fully saturated rings. The van der Waals surface area contributed by atoms with Gasteiger partial charge in [-0.15, -0.1) is 11.8 Å². The molecule has 0 unspecified atom stereocenters. The molecule has 2 aliphatic heterocycles. The average Bonchev–Trinajstić information content (AvgIpc) is 3.33. The minimum absolute atomic E-state index is 0.242. The summed E-state index contributed by atoms with van der Waals surface area (Å²) in [6, 6.07) is 35.9. The van der Waals surface area contributed by atoms with Crippen LogP contribution in [0, 0.1) is 0 Å².